The number of carboxylic acid groups (broad SMARTS) is 1. The van der Waals surface area contributed by atoms with E-state index in [0.29, 0.717) is 12.2 Å². The van der Waals surface area contributed by atoms with Gasteiger partial charge in [0.2, 0.25) is 0 Å². The van der Waals surface area contributed by atoms with Crippen LogP contribution in [0.3, 0.4) is 0 Å². The molecule has 0 radical (unpaired) electrons. The number of aromatic nitrogens is 3. The minimum Gasteiger partial charge on any atom is -0.488 e. The summed E-state index contributed by atoms with van der Waals surface area (Å²) in [5.74, 6) is -0.0409. The lowest BCUT2D eigenvalue weighted by Crippen LogP contribution is -2.47. The zero-order chi connectivity index (χ0) is 27.5. The minimum atomic E-state index is -1.21. The van der Waals surface area contributed by atoms with E-state index in [-0.39, 0.29) is 18.8 Å². The maximum Gasteiger partial charge on any atom is 0.312 e. The van der Waals surface area contributed by atoms with Gasteiger partial charge >= 0.3 is 5.97 Å². The molecule has 3 aromatic rings. The van der Waals surface area contributed by atoms with E-state index in [2.05, 4.69) is 47.7 Å². The van der Waals surface area contributed by atoms with Gasteiger partial charge in [-0.05, 0) is 76.3 Å². The van der Waals surface area contributed by atoms with Crippen LogP contribution in [0, 0.1) is 12.3 Å². The fourth-order valence-corrected chi connectivity index (χ4v) is 4.96. The molecule has 204 valence electrons. The fourth-order valence-electron chi connectivity index (χ4n) is 4.96. The summed E-state index contributed by atoms with van der Waals surface area (Å²) in [5.41, 5.74) is 2.48. The number of rotatable bonds is 10. The molecule has 1 unspecified atom stereocenters. The second-order valence-electron chi connectivity index (χ2n) is 10.9. The Bertz CT molecular complexity index is 1270. The molecular formula is C30H40N4O4. The van der Waals surface area contributed by atoms with E-state index >= 15 is 0 Å². The molecule has 38 heavy (non-hydrogen) atoms. The van der Waals surface area contributed by atoms with Crippen molar-refractivity contribution in [3.8, 4) is 5.75 Å². The highest BCUT2D eigenvalue weighted by Gasteiger charge is 2.49. The monoisotopic (exact) mass is 520 g/mol. The molecule has 3 atom stereocenters. The topological polar surface area (TPSA) is 98.5 Å². The molecule has 0 saturated carbocycles. The standard InChI is InChI=1S/C30H40N4O4/c1-7-25-17-23(31-26-11-9-10-12-27(26)38-25)16-21-15-22(14-13-20(21)3)30(6,29(4,5)28(35)36)37-19-24-18-34(8-2)33-32-24/h9-15,18,23,25,31H,7-8,16-17,19H2,1-6H3,(H,35,36)/t23?,25-,30+/m1/s1. The van der Waals surface area contributed by atoms with Crippen molar-refractivity contribution in [2.75, 3.05) is 5.32 Å². The average molecular weight is 521 g/mol. The van der Waals surface area contributed by atoms with Crippen molar-refractivity contribution in [1.82, 2.24) is 15.0 Å². The average Bonchev–Trinajstić information content (AvgIpc) is 3.29. The quantitative estimate of drug-likeness (QED) is 0.352. The number of anilines is 1. The van der Waals surface area contributed by atoms with Gasteiger partial charge in [-0.1, -0.05) is 42.5 Å². The highest BCUT2D eigenvalue weighted by molar-refractivity contribution is 5.76. The first-order valence-electron chi connectivity index (χ1n) is 13.5. The second kappa shape index (κ2) is 11.2. The Hall–Kier alpha value is -3.39. The maximum absolute atomic E-state index is 12.5. The highest BCUT2D eigenvalue weighted by Crippen LogP contribution is 2.44. The smallest absolute Gasteiger partial charge is 0.312 e. The van der Waals surface area contributed by atoms with Crippen LogP contribution in [0.5, 0.6) is 5.75 Å². The van der Waals surface area contributed by atoms with Crippen molar-refractivity contribution in [2.24, 2.45) is 5.41 Å². The summed E-state index contributed by atoms with van der Waals surface area (Å²) < 4.78 is 14.4. The minimum absolute atomic E-state index is 0.121. The number of para-hydroxylation sites is 2. The number of benzene rings is 2. The third-order valence-corrected chi connectivity index (χ3v) is 8.06. The number of carbonyl (C=O) groups is 1. The first-order valence-corrected chi connectivity index (χ1v) is 13.5. The Morgan fingerprint density at radius 1 is 1.21 bits per heavy atom. The molecule has 0 amide bonds. The molecule has 2 heterocycles. The number of aliphatic carboxylic acids is 1. The van der Waals surface area contributed by atoms with Gasteiger partial charge in [0, 0.05) is 19.0 Å². The Balaban J connectivity index is 1.65. The number of aryl methyl sites for hydroxylation is 2. The van der Waals surface area contributed by atoms with Crippen molar-refractivity contribution in [3.63, 3.8) is 0 Å². The van der Waals surface area contributed by atoms with Gasteiger partial charge in [-0.3, -0.25) is 9.48 Å². The van der Waals surface area contributed by atoms with E-state index < -0.39 is 17.0 Å². The first kappa shape index (κ1) is 27.6. The lowest BCUT2D eigenvalue weighted by Gasteiger charge is -2.41. The lowest BCUT2D eigenvalue weighted by molar-refractivity contribution is -0.177. The third-order valence-electron chi connectivity index (χ3n) is 8.06. The van der Waals surface area contributed by atoms with Crippen LogP contribution in [0.15, 0.2) is 48.7 Å². The molecule has 0 bridgehead atoms. The normalized spacial score (nSPS) is 19.0. The van der Waals surface area contributed by atoms with Crippen LogP contribution in [-0.4, -0.2) is 38.2 Å². The van der Waals surface area contributed by atoms with Crippen LogP contribution in [0.2, 0.25) is 0 Å². The molecule has 1 aliphatic rings. The molecule has 0 spiro atoms. The van der Waals surface area contributed by atoms with E-state index in [9.17, 15) is 9.90 Å². The van der Waals surface area contributed by atoms with Crippen molar-refractivity contribution >= 4 is 11.7 Å². The SMILES string of the molecule is CC[C@@H]1CC(Cc2cc([C@](C)(OCc3cn(CC)nn3)C(C)(C)C(=O)O)ccc2C)Nc2ccccc2O1. The summed E-state index contributed by atoms with van der Waals surface area (Å²) >= 11 is 0. The van der Waals surface area contributed by atoms with Crippen LogP contribution in [0.1, 0.15) is 69.8 Å². The molecule has 8 nitrogen and oxygen atoms in total. The van der Waals surface area contributed by atoms with E-state index in [4.69, 9.17) is 9.47 Å². The molecule has 1 aromatic heterocycles. The van der Waals surface area contributed by atoms with Crippen molar-refractivity contribution in [2.45, 2.75) is 91.7 Å². The van der Waals surface area contributed by atoms with Crippen LogP contribution < -0.4 is 10.1 Å². The van der Waals surface area contributed by atoms with Crippen LogP contribution in [0.4, 0.5) is 5.69 Å². The molecular weight excluding hydrogens is 480 g/mol. The van der Waals surface area contributed by atoms with Gasteiger partial charge in [0.15, 0.2) is 0 Å². The predicted molar refractivity (Wildman–Crippen MR) is 147 cm³/mol. The number of nitrogens with one attached hydrogen (secondary N) is 1. The lowest BCUT2D eigenvalue weighted by atomic mass is 9.71. The van der Waals surface area contributed by atoms with Gasteiger partial charge in [-0.25, -0.2) is 0 Å². The summed E-state index contributed by atoms with van der Waals surface area (Å²) in [6, 6.07) is 14.4. The first-order chi connectivity index (χ1) is 18.1. The summed E-state index contributed by atoms with van der Waals surface area (Å²) in [4.78, 5) is 12.5. The van der Waals surface area contributed by atoms with Crippen molar-refractivity contribution in [3.05, 3.63) is 71.0 Å². The zero-order valence-corrected chi connectivity index (χ0v) is 23.3. The highest BCUT2D eigenvalue weighted by atomic mass is 16.5. The van der Waals surface area contributed by atoms with Crippen LogP contribution >= 0.6 is 0 Å². The summed E-state index contributed by atoms with van der Waals surface area (Å²) in [6.07, 6.45) is 4.53. The Morgan fingerprint density at radius 2 is 1.97 bits per heavy atom. The fraction of sp³-hybridized carbons (Fsp3) is 0.500. The second-order valence-corrected chi connectivity index (χ2v) is 10.9. The molecule has 0 fully saturated rings. The number of hydrogen-bond donors (Lipinski definition) is 2. The number of hydrogen-bond acceptors (Lipinski definition) is 6. The van der Waals surface area contributed by atoms with Gasteiger partial charge in [-0.2, -0.15) is 0 Å². The largest absolute Gasteiger partial charge is 0.488 e. The van der Waals surface area contributed by atoms with E-state index in [1.54, 1.807) is 18.5 Å². The van der Waals surface area contributed by atoms with E-state index in [1.165, 1.54) is 0 Å². The molecule has 4 rings (SSSR count). The van der Waals surface area contributed by atoms with Crippen LogP contribution in [-0.2, 0) is 34.7 Å². The van der Waals surface area contributed by atoms with Gasteiger partial charge in [0.1, 0.15) is 23.1 Å². The maximum atomic E-state index is 12.5. The number of carboxylic acids is 1. The zero-order valence-electron chi connectivity index (χ0n) is 23.3. The Labute approximate surface area is 225 Å². The molecule has 8 heteroatoms. The van der Waals surface area contributed by atoms with Gasteiger partial charge in [-0.15, -0.1) is 5.10 Å². The number of ether oxygens (including phenoxy) is 2. The predicted octanol–water partition coefficient (Wildman–Crippen LogP) is 5.73. The molecule has 2 aromatic carbocycles. The summed E-state index contributed by atoms with van der Waals surface area (Å²) in [6.45, 7) is 12.4. The molecule has 0 saturated heterocycles. The van der Waals surface area contributed by atoms with E-state index in [0.717, 1.165) is 47.4 Å². The third kappa shape index (κ3) is 5.55. The van der Waals surface area contributed by atoms with Crippen molar-refractivity contribution < 1.29 is 19.4 Å². The Kier molecular flexibility index (Phi) is 8.11. The molecule has 0 aliphatic carbocycles. The Morgan fingerprint density at radius 3 is 2.66 bits per heavy atom. The molecule has 1 aliphatic heterocycles. The van der Waals surface area contributed by atoms with Gasteiger partial charge in [0.25, 0.3) is 0 Å². The van der Waals surface area contributed by atoms with Gasteiger partial charge < -0.3 is 19.9 Å². The van der Waals surface area contributed by atoms with Crippen molar-refractivity contribution in [1.29, 1.82) is 0 Å². The van der Waals surface area contributed by atoms with E-state index in [1.807, 2.05) is 44.3 Å². The van der Waals surface area contributed by atoms with Gasteiger partial charge in [0.05, 0.1) is 23.9 Å². The number of nitrogens with zero attached hydrogens (tertiary/aromatic N) is 3. The summed E-state index contributed by atoms with van der Waals surface area (Å²) in [5, 5.41) is 22.2. The number of fused-ring (bicyclic) bond motifs is 1. The summed E-state index contributed by atoms with van der Waals surface area (Å²) in [7, 11) is 0. The van der Waals surface area contributed by atoms with Crippen LogP contribution in [0.25, 0.3) is 0 Å². The molecule has 2 N–H and O–H groups in total.